The number of aromatic nitrogens is 1. The molecule has 0 spiro atoms. The number of amides is 2. The van der Waals surface area contributed by atoms with Gasteiger partial charge in [-0.25, -0.2) is 14.6 Å². The standard InChI is InChI=1S/C25H30N4O9S/c1-15(2)21-22(30)29(24(27-21)39(34,35)36)20-8-7-19(13-26-20)38-25(33)28-11-9-16(10-12-28)14-37-18-5-3-17(4-6-18)23(31)32/h3-8,13,15-16,21,24,27H,9-12,14H2,1-2H3,(H,31,32)(H,34,35,36). The van der Waals surface area contributed by atoms with Crippen molar-refractivity contribution in [2.24, 2.45) is 11.8 Å². The zero-order valence-electron chi connectivity index (χ0n) is 21.4. The molecule has 2 aliphatic heterocycles. The number of nitrogens with zero attached hydrogens (tertiary/aromatic N) is 3. The van der Waals surface area contributed by atoms with Crippen LogP contribution in [0.4, 0.5) is 10.6 Å². The predicted molar refractivity (Wildman–Crippen MR) is 138 cm³/mol. The minimum absolute atomic E-state index is 0.0171. The van der Waals surface area contributed by atoms with Gasteiger partial charge < -0.3 is 19.5 Å². The third-order valence-corrected chi connectivity index (χ3v) is 7.55. The second-order valence-electron chi connectivity index (χ2n) is 9.75. The molecule has 4 rings (SSSR count). The molecule has 1 aromatic carbocycles. The zero-order valence-corrected chi connectivity index (χ0v) is 22.2. The maximum atomic E-state index is 12.8. The molecule has 2 amide bonds. The Morgan fingerprint density at radius 1 is 1.10 bits per heavy atom. The van der Waals surface area contributed by atoms with Crippen LogP contribution >= 0.6 is 0 Å². The van der Waals surface area contributed by atoms with Crippen molar-refractivity contribution in [1.29, 1.82) is 0 Å². The fourth-order valence-corrected chi connectivity index (χ4v) is 5.22. The summed E-state index contributed by atoms with van der Waals surface area (Å²) in [4.78, 5) is 42.9. The third-order valence-electron chi connectivity index (χ3n) is 6.64. The molecule has 0 bridgehead atoms. The molecule has 2 fully saturated rings. The van der Waals surface area contributed by atoms with Crippen molar-refractivity contribution in [3.05, 3.63) is 48.2 Å². The molecule has 2 saturated heterocycles. The van der Waals surface area contributed by atoms with Gasteiger partial charge in [0.05, 0.1) is 24.4 Å². The Bertz CT molecular complexity index is 1310. The second kappa shape index (κ2) is 11.6. The number of carboxylic acids is 1. The molecule has 1 aromatic heterocycles. The summed E-state index contributed by atoms with van der Waals surface area (Å²) < 4.78 is 44.5. The fraction of sp³-hybridized carbons (Fsp3) is 0.440. The molecule has 2 aliphatic rings. The van der Waals surface area contributed by atoms with Crippen LogP contribution in [-0.2, 0) is 14.9 Å². The number of piperidine rings is 1. The first kappa shape index (κ1) is 28.3. The quantitative estimate of drug-likeness (QED) is 0.402. The Balaban J connectivity index is 1.29. The predicted octanol–water partition coefficient (Wildman–Crippen LogP) is 2.20. The summed E-state index contributed by atoms with van der Waals surface area (Å²) in [5.41, 5.74) is -1.49. The fourth-order valence-electron chi connectivity index (χ4n) is 4.43. The van der Waals surface area contributed by atoms with E-state index in [-0.39, 0.29) is 29.0 Å². The van der Waals surface area contributed by atoms with Gasteiger partial charge in [0.2, 0.25) is 11.4 Å². The highest BCUT2D eigenvalue weighted by molar-refractivity contribution is 7.86. The zero-order chi connectivity index (χ0) is 28.3. The number of carbonyl (C=O) groups excluding carboxylic acids is 2. The highest BCUT2D eigenvalue weighted by Crippen LogP contribution is 2.27. The Morgan fingerprint density at radius 3 is 2.28 bits per heavy atom. The summed E-state index contributed by atoms with van der Waals surface area (Å²) in [6, 6.07) is 8.10. The van der Waals surface area contributed by atoms with Crippen molar-refractivity contribution < 1.29 is 41.9 Å². The SMILES string of the molecule is CC(C)C1NC(S(=O)(=O)O)N(c2ccc(OC(=O)N3CCC(COc4ccc(C(=O)O)cc4)CC3)cn2)C1=O. The van der Waals surface area contributed by atoms with E-state index in [1.165, 1.54) is 30.5 Å². The van der Waals surface area contributed by atoms with Gasteiger partial charge in [-0.3, -0.25) is 19.6 Å². The summed E-state index contributed by atoms with van der Waals surface area (Å²) in [5, 5.41) is 11.6. The Hall–Kier alpha value is -3.75. The smallest absolute Gasteiger partial charge is 0.415 e. The summed E-state index contributed by atoms with van der Waals surface area (Å²) in [6.07, 6.45) is 2.03. The monoisotopic (exact) mass is 562 g/mol. The summed E-state index contributed by atoms with van der Waals surface area (Å²) in [5.74, 6) is -0.893. The third kappa shape index (κ3) is 6.64. The van der Waals surface area contributed by atoms with Gasteiger partial charge in [-0.05, 0) is 61.1 Å². The molecule has 0 aliphatic carbocycles. The summed E-state index contributed by atoms with van der Waals surface area (Å²) in [6.45, 7) is 4.84. The molecule has 14 heteroatoms. The van der Waals surface area contributed by atoms with Crippen LogP contribution < -0.4 is 19.7 Å². The number of aromatic carboxylic acids is 1. The van der Waals surface area contributed by atoms with Crippen molar-refractivity contribution >= 4 is 33.9 Å². The topological polar surface area (TPSA) is 176 Å². The van der Waals surface area contributed by atoms with E-state index in [0.717, 1.165) is 4.90 Å². The molecule has 39 heavy (non-hydrogen) atoms. The average Bonchev–Trinajstić information content (AvgIpc) is 3.26. The average molecular weight is 563 g/mol. The molecule has 3 heterocycles. The van der Waals surface area contributed by atoms with Crippen LogP contribution in [0.1, 0.15) is 37.0 Å². The van der Waals surface area contributed by atoms with E-state index < -0.39 is 39.6 Å². The molecule has 0 saturated carbocycles. The molecular weight excluding hydrogens is 532 g/mol. The van der Waals surface area contributed by atoms with Crippen molar-refractivity contribution in [3.8, 4) is 11.5 Å². The van der Waals surface area contributed by atoms with Gasteiger partial charge >= 0.3 is 22.2 Å². The van der Waals surface area contributed by atoms with E-state index in [2.05, 4.69) is 10.3 Å². The number of nitrogens with one attached hydrogen (secondary N) is 1. The van der Waals surface area contributed by atoms with Crippen LogP contribution in [0, 0.1) is 11.8 Å². The van der Waals surface area contributed by atoms with Crippen molar-refractivity contribution in [2.75, 3.05) is 24.6 Å². The van der Waals surface area contributed by atoms with Crippen molar-refractivity contribution in [3.63, 3.8) is 0 Å². The lowest BCUT2D eigenvalue weighted by Gasteiger charge is -2.31. The van der Waals surface area contributed by atoms with Crippen LogP contribution in [-0.4, -0.2) is 77.2 Å². The van der Waals surface area contributed by atoms with Gasteiger partial charge in [0.15, 0.2) is 5.75 Å². The van der Waals surface area contributed by atoms with Gasteiger partial charge in [0.1, 0.15) is 11.6 Å². The van der Waals surface area contributed by atoms with Gasteiger partial charge in [-0.2, -0.15) is 8.42 Å². The van der Waals surface area contributed by atoms with Gasteiger partial charge in [-0.15, -0.1) is 0 Å². The maximum Gasteiger partial charge on any atom is 0.415 e. The van der Waals surface area contributed by atoms with Gasteiger partial charge in [0.25, 0.3) is 0 Å². The number of pyridine rings is 1. The van der Waals surface area contributed by atoms with E-state index in [9.17, 15) is 27.4 Å². The van der Waals surface area contributed by atoms with Crippen molar-refractivity contribution in [2.45, 2.75) is 38.2 Å². The van der Waals surface area contributed by atoms with Crippen LogP contribution in [0.2, 0.25) is 0 Å². The number of likely N-dealkylation sites (tertiary alicyclic amines) is 1. The van der Waals surface area contributed by atoms with E-state index in [4.69, 9.17) is 14.6 Å². The lowest BCUT2D eigenvalue weighted by atomic mass is 9.98. The number of hydrogen-bond donors (Lipinski definition) is 3. The molecule has 0 radical (unpaired) electrons. The summed E-state index contributed by atoms with van der Waals surface area (Å²) in [7, 11) is -4.64. The van der Waals surface area contributed by atoms with Crippen LogP contribution in [0.5, 0.6) is 11.5 Å². The highest BCUT2D eigenvalue weighted by atomic mass is 32.2. The Labute approximate surface area is 225 Å². The number of carboxylic acid groups (broad SMARTS) is 1. The van der Waals surface area contributed by atoms with Gasteiger partial charge in [0, 0.05) is 13.1 Å². The first-order chi connectivity index (χ1) is 18.4. The van der Waals surface area contributed by atoms with E-state index >= 15 is 0 Å². The molecule has 2 aromatic rings. The number of hydrogen-bond acceptors (Lipinski definition) is 9. The molecular formula is C25H30N4O9S. The number of ether oxygens (including phenoxy) is 2. The Morgan fingerprint density at radius 2 is 1.74 bits per heavy atom. The first-order valence-corrected chi connectivity index (χ1v) is 13.9. The maximum absolute atomic E-state index is 12.8. The number of anilines is 1. The second-order valence-corrected chi connectivity index (χ2v) is 11.2. The van der Waals surface area contributed by atoms with Crippen LogP contribution in [0.25, 0.3) is 0 Å². The van der Waals surface area contributed by atoms with E-state index in [1.807, 2.05) is 0 Å². The minimum Gasteiger partial charge on any atom is -0.493 e. The first-order valence-electron chi connectivity index (χ1n) is 12.4. The van der Waals surface area contributed by atoms with Crippen LogP contribution in [0.15, 0.2) is 42.6 Å². The van der Waals surface area contributed by atoms with E-state index in [1.54, 1.807) is 30.9 Å². The van der Waals surface area contributed by atoms with Gasteiger partial charge in [-0.1, -0.05) is 13.8 Å². The lowest BCUT2D eigenvalue weighted by Crippen LogP contribution is -2.44. The number of benzene rings is 1. The molecule has 2 unspecified atom stereocenters. The Kier molecular flexibility index (Phi) is 8.37. The minimum atomic E-state index is -4.64. The van der Waals surface area contributed by atoms with Crippen molar-refractivity contribution in [1.82, 2.24) is 15.2 Å². The summed E-state index contributed by atoms with van der Waals surface area (Å²) >= 11 is 0. The van der Waals surface area contributed by atoms with E-state index in [0.29, 0.717) is 38.3 Å². The number of carbonyl (C=O) groups is 3. The normalized spacial score (nSPS) is 20.4. The molecule has 210 valence electrons. The molecule has 2 atom stereocenters. The number of rotatable bonds is 8. The molecule has 3 N–H and O–H groups in total. The lowest BCUT2D eigenvalue weighted by molar-refractivity contribution is -0.119. The largest absolute Gasteiger partial charge is 0.493 e. The highest BCUT2D eigenvalue weighted by Gasteiger charge is 2.47. The molecule has 13 nitrogen and oxygen atoms in total. The van der Waals surface area contributed by atoms with Crippen LogP contribution in [0.3, 0.4) is 0 Å².